The van der Waals surface area contributed by atoms with Gasteiger partial charge in [-0.15, -0.1) is 0 Å². The van der Waals surface area contributed by atoms with Crippen LogP contribution in [0.3, 0.4) is 0 Å². The van der Waals surface area contributed by atoms with Crippen LogP contribution in [-0.2, 0) is 4.79 Å². The summed E-state index contributed by atoms with van der Waals surface area (Å²) in [6.45, 7) is 0. The Labute approximate surface area is 180 Å². The molecule has 0 bridgehead atoms. The minimum absolute atomic E-state index is 0.217. The van der Waals surface area contributed by atoms with Gasteiger partial charge in [0.1, 0.15) is 5.75 Å². The van der Waals surface area contributed by atoms with Crippen LogP contribution >= 0.6 is 47.2 Å². The van der Waals surface area contributed by atoms with Crippen LogP contribution in [0.1, 0.15) is 5.56 Å². The van der Waals surface area contributed by atoms with Crippen molar-refractivity contribution in [1.29, 1.82) is 0 Å². The van der Waals surface area contributed by atoms with Gasteiger partial charge in [0, 0.05) is 5.69 Å². The molecule has 6 nitrogen and oxygen atoms in total. The lowest BCUT2D eigenvalue weighted by molar-refractivity contribution is -0.123. The molecule has 2 aromatic carbocycles. The van der Waals surface area contributed by atoms with Gasteiger partial charge < -0.3 is 10.1 Å². The molecule has 0 unspecified atom stereocenters. The molecular weight excluding hydrogens is 441 g/mol. The van der Waals surface area contributed by atoms with Crippen LogP contribution in [0.2, 0.25) is 10.0 Å². The summed E-state index contributed by atoms with van der Waals surface area (Å²) in [4.78, 5) is 25.2. The Morgan fingerprint density at radius 2 is 1.89 bits per heavy atom. The highest BCUT2D eigenvalue weighted by atomic mass is 35.5. The van der Waals surface area contributed by atoms with Gasteiger partial charge in [0.25, 0.3) is 5.91 Å². The molecule has 3 amide bonds. The molecule has 1 saturated heterocycles. The van der Waals surface area contributed by atoms with Gasteiger partial charge in [-0.2, -0.15) is 5.01 Å². The number of rotatable bonds is 4. The molecule has 2 N–H and O–H groups in total. The van der Waals surface area contributed by atoms with Crippen LogP contribution in [0.5, 0.6) is 5.75 Å². The Morgan fingerprint density at radius 1 is 1.18 bits per heavy atom. The molecule has 0 spiro atoms. The Balaban J connectivity index is 1.68. The summed E-state index contributed by atoms with van der Waals surface area (Å²) in [5, 5.41) is 4.25. The fraction of sp³-hybridized carbons (Fsp3) is 0.0556. The van der Waals surface area contributed by atoms with E-state index in [9.17, 15) is 9.59 Å². The van der Waals surface area contributed by atoms with Crippen LogP contribution in [0.15, 0.2) is 47.4 Å². The zero-order valence-electron chi connectivity index (χ0n) is 14.4. The molecule has 144 valence electrons. The molecule has 28 heavy (non-hydrogen) atoms. The summed E-state index contributed by atoms with van der Waals surface area (Å²) in [6, 6.07) is 11.2. The topological polar surface area (TPSA) is 70.7 Å². The first kappa shape index (κ1) is 20.5. The summed E-state index contributed by atoms with van der Waals surface area (Å²) < 4.78 is 5.33. The second-order valence-electron chi connectivity index (χ2n) is 5.49. The maximum Gasteiger partial charge on any atom is 0.338 e. The number of anilines is 1. The zero-order valence-corrected chi connectivity index (χ0v) is 17.5. The quantitative estimate of drug-likeness (QED) is 0.506. The largest absolute Gasteiger partial charge is 0.497 e. The lowest BCUT2D eigenvalue weighted by atomic mass is 10.2. The van der Waals surface area contributed by atoms with E-state index in [0.717, 1.165) is 22.3 Å². The maximum absolute atomic E-state index is 12.6. The molecule has 0 saturated carbocycles. The van der Waals surface area contributed by atoms with Crippen molar-refractivity contribution in [2.45, 2.75) is 0 Å². The van der Waals surface area contributed by atoms with Crippen molar-refractivity contribution < 1.29 is 14.3 Å². The van der Waals surface area contributed by atoms with Crippen molar-refractivity contribution in [3.63, 3.8) is 0 Å². The standard InChI is InChI=1S/C18H13Cl2N3O3S2/c1-26-12-5-2-10(3-6-12)8-15-16(24)23(18(27)28-15)22-17(25)21-11-4-7-13(19)14(20)9-11/h2-9H,1H3,(H2,21,22,25). The van der Waals surface area contributed by atoms with E-state index in [1.165, 1.54) is 6.07 Å². The van der Waals surface area contributed by atoms with Crippen molar-refractivity contribution >= 4 is 75.2 Å². The smallest absolute Gasteiger partial charge is 0.338 e. The van der Waals surface area contributed by atoms with Crippen molar-refractivity contribution in [2.24, 2.45) is 0 Å². The number of nitrogens with one attached hydrogen (secondary N) is 2. The van der Waals surface area contributed by atoms with Crippen LogP contribution in [0.4, 0.5) is 10.5 Å². The van der Waals surface area contributed by atoms with Crippen molar-refractivity contribution in [2.75, 3.05) is 12.4 Å². The van der Waals surface area contributed by atoms with E-state index in [4.69, 9.17) is 40.2 Å². The average molecular weight is 454 g/mol. The molecule has 1 aliphatic heterocycles. The number of methoxy groups -OCH3 is 1. The van der Waals surface area contributed by atoms with Gasteiger partial charge in [0.2, 0.25) is 0 Å². The minimum Gasteiger partial charge on any atom is -0.497 e. The number of hydrogen-bond donors (Lipinski definition) is 2. The summed E-state index contributed by atoms with van der Waals surface area (Å²) in [6.07, 6.45) is 1.69. The van der Waals surface area contributed by atoms with Gasteiger partial charge in [-0.3, -0.25) is 4.79 Å². The lowest BCUT2D eigenvalue weighted by Crippen LogP contribution is -2.46. The Kier molecular flexibility index (Phi) is 6.46. The first-order chi connectivity index (χ1) is 13.4. The highest BCUT2D eigenvalue weighted by Gasteiger charge is 2.33. The van der Waals surface area contributed by atoms with Crippen molar-refractivity contribution in [1.82, 2.24) is 10.4 Å². The Hall–Kier alpha value is -2.26. The highest BCUT2D eigenvalue weighted by Crippen LogP contribution is 2.31. The second-order valence-corrected chi connectivity index (χ2v) is 7.98. The van der Waals surface area contributed by atoms with Crippen molar-refractivity contribution in [3.8, 4) is 5.75 Å². The predicted octanol–water partition coefficient (Wildman–Crippen LogP) is 4.94. The molecule has 1 heterocycles. The Morgan fingerprint density at radius 3 is 2.54 bits per heavy atom. The number of hydrogen-bond acceptors (Lipinski definition) is 5. The van der Waals surface area contributed by atoms with E-state index >= 15 is 0 Å². The SMILES string of the molecule is COc1ccc(C=C2SC(=S)N(NC(=O)Nc3ccc(Cl)c(Cl)c3)C2=O)cc1. The molecule has 1 aliphatic rings. The number of hydrazine groups is 1. The van der Waals surface area contributed by atoms with Crippen LogP contribution in [0, 0.1) is 0 Å². The Bertz CT molecular complexity index is 981. The van der Waals surface area contributed by atoms with Gasteiger partial charge in [-0.1, -0.05) is 47.1 Å². The zero-order chi connectivity index (χ0) is 20.3. The molecule has 1 fully saturated rings. The number of thioether (sulfide) groups is 1. The average Bonchev–Trinajstić information content (AvgIpc) is 2.93. The van der Waals surface area contributed by atoms with Crippen molar-refractivity contribution in [3.05, 3.63) is 63.0 Å². The van der Waals surface area contributed by atoms with E-state index in [0.29, 0.717) is 26.4 Å². The third-order valence-corrected chi connectivity index (χ3v) is 5.64. The third-order valence-electron chi connectivity index (χ3n) is 3.60. The number of carbonyl (C=O) groups excluding carboxylic acids is 2. The van der Waals surface area contributed by atoms with E-state index < -0.39 is 11.9 Å². The highest BCUT2D eigenvalue weighted by molar-refractivity contribution is 8.26. The van der Waals surface area contributed by atoms with E-state index in [1.54, 1.807) is 37.5 Å². The molecule has 0 aromatic heterocycles. The second kappa shape index (κ2) is 8.83. The summed E-state index contributed by atoms with van der Waals surface area (Å²) in [5.74, 6) is 0.292. The number of amides is 3. The number of carbonyl (C=O) groups is 2. The molecular formula is C18H13Cl2N3O3S2. The van der Waals surface area contributed by atoms with E-state index in [-0.39, 0.29) is 4.32 Å². The molecule has 2 aromatic rings. The molecule has 3 rings (SSSR count). The number of thiocarbonyl (C=S) groups is 1. The van der Waals surface area contributed by atoms with Crippen LogP contribution in [-0.4, -0.2) is 28.4 Å². The van der Waals surface area contributed by atoms with Gasteiger partial charge in [0.15, 0.2) is 4.32 Å². The van der Waals surface area contributed by atoms with E-state index in [1.807, 2.05) is 12.1 Å². The molecule has 0 radical (unpaired) electrons. The molecule has 0 aliphatic carbocycles. The minimum atomic E-state index is -0.639. The number of benzene rings is 2. The number of ether oxygens (including phenoxy) is 1. The van der Waals surface area contributed by atoms with Gasteiger partial charge in [-0.25, -0.2) is 10.2 Å². The summed E-state index contributed by atoms with van der Waals surface area (Å²) >= 11 is 18.1. The monoisotopic (exact) mass is 453 g/mol. The fourth-order valence-electron chi connectivity index (χ4n) is 2.25. The fourth-order valence-corrected chi connectivity index (χ4v) is 3.73. The molecule has 10 heteroatoms. The van der Waals surface area contributed by atoms with Gasteiger partial charge in [-0.05, 0) is 54.2 Å². The maximum atomic E-state index is 12.6. The summed E-state index contributed by atoms with van der Waals surface area (Å²) in [7, 11) is 1.58. The summed E-state index contributed by atoms with van der Waals surface area (Å²) in [5.41, 5.74) is 3.66. The molecule has 0 atom stereocenters. The van der Waals surface area contributed by atoms with Crippen LogP contribution < -0.4 is 15.5 Å². The van der Waals surface area contributed by atoms with Gasteiger partial charge >= 0.3 is 6.03 Å². The first-order valence-corrected chi connectivity index (χ1v) is 9.80. The van der Waals surface area contributed by atoms with Crippen LogP contribution in [0.25, 0.3) is 6.08 Å². The number of halogens is 2. The normalized spacial score (nSPS) is 15.1. The van der Waals surface area contributed by atoms with Gasteiger partial charge in [0.05, 0.1) is 22.1 Å². The number of urea groups is 1. The van der Waals surface area contributed by atoms with E-state index in [2.05, 4.69) is 10.7 Å². The number of nitrogens with zero attached hydrogens (tertiary/aromatic N) is 1. The first-order valence-electron chi connectivity index (χ1n) is 7.82. The predicted molar refractivity (Wildman–Crippen MR) is 117 cm³/mol. The lowest BCUT2D eigenvalue weighted by Gasteiger charge is -2.16. The third kappa shape index (κ3) is 4.77.